The number of sulfonamides is 1. The number of methoxy groups -OCH3 is 2. The molecule has 156 valence electrons. The first-order valence-electron chi connectivity index (χ1n) is 9.39. The van der Waals surface area contributed by atoms with Crippen LogP contribution in [0.15, 0.2) is 42.5 Å². The van der Waals surface area contributed by atoms with Gasteiger partial charge in [0.05, 0.1) is 32.2 Å². The second kappa shape index (κ2) is 8.73. The quantitative estimate of drug-likeness (QED) is 0.747. The molecule has 3 rings (SSSR count). The van der Waals surface area contributed by atoms with E-state index >= 15 is 0 Å². The lowest BCUT2D eigenvalue weighted by Gasteiger charge is -2.28. The van der Waals surface area contributed by atoms with Crippen molar-refractivity contribution in [2.24, 2.45) is 0 Å². The molecular weight excluding hydrogens is 392 g/mol. The zero-order valence-electron chi connectivity index (χ0n) is 16.8. The second-order valence-corrected chi connectivity index (χ2v) is 8.95. The van der Waals surface area contributed by atoms with Crippen molar-refractivity contribution in [2.75, 3.05) is 31.3 Å². The van der Waals surface area contributed by atoms with Crippen LogP contribution in [0, 0.1) is 0 Å². The average molecular weight is 419 g/mol. The van der Waals surface area contributed by atoms with Crippen molar-refractivity contribution in [3.05, 3.63) is 53.6 Å². The zero-order chi connectivity index (χ0) is 21.0. The number of carbonyl (C=O) groups is 1. The first-order valence-corrected chi connectivity index (χ1v) is 11.2. The lowest BCUT2D eigenvalue weighted by Crippen LogP contribution is -2.42. The molecule has 1 amide bonds. The summed E-state index contributed by atoms with van der Waals surface area (Å²) in [4.78, 5) is 12.8. The molecule has 0 saturated heterocycles. The predicted octanol–water partition coefficient (Wildman–Crippen LogP) is 2.66. The van der Waals surface area contributed by atoms with E-state index in [1.165, 1.54) is 7.11 Å². The number of hydrogen-bond donors (Lipinski definition) is 1. The highest BCUT2D eigenvalue weighted by Gasteiger charge is 2.26. The van der Waals surface area contributed by atoms with Crippen LogP contribution in [0.3, 0.4) is 0 Å². The number of carbonyl (C=O) groups excluding carboxylic acids is 1. The first-order chi connectivity index (χ1) is 13.8. The standard InChI is InChI=1S/C21H26N2O5S/c1-27-17-8-5-7-16(13-17)23(29(3,25)26)14-21(24)22-20-9-4-6-15-12-18(28-2)10-11-19(15)20/h5,7-8,10-13,20H,4,6,9,14H2,1-3H3,(H,22,24). The van der Waals surface area contributed by atoms with Gasteiger partial charge in [-0.05, 0) is 54.7 Å². The molecule has 1 N–H and O–H groups in total. The van der Waals surface area contributed by atoms with Crippen molar-refractivity contribution in [2.45, 2.75) is 25.3 Å². The predicted molar refractivity (Wildman–Crippen MR) is 112 cm³/mol. The van der Waals surface area contributed by atoms with Crippen molar-refractivity contribution >= 4 is 21.6 Å². The molecule has 1 aliphatic rings. The van der Waals surface area contributed by atoms with Gasteiger partial charge in [0.2, 0.25) is 15.9 Å². The van der Waals surface area contributed by atoms with Gasteiger partial charge in [-0.3, -0.25) is 9.10 Å². The maximum absolute atomic E-state index is 12.8. The van der Waals surface area contributed by atoms with E-state index in [1.54, 1.807) is 31.4 Å². The van der Waals surface area contributed by atoms with Crippen LogP contribution in [0.4, 0.5) is 5.69 Å². The lowest BCUT2D eigenvalue weighted by molar-refractivity contribution is -0.120. The van der Waals surface area contributed by atoms with E-state index in [0.29, 0.717) is 11.4 Å². The van der Waals surface area contributed by atoms with Crippen LogP contribution in [0.5, 0.6) is 11.5 Å². The molecule has 1 aliphatic carbocycles. The molecule has 0 spiro atoms. The molecule has 8 heteroatoms. The Morgan fingerprint density at radius 2 is 1.86 bits per heavy atom. The average Bonchev–Trinajstić information content (AvgIpc) is 2.71. The molecule has 1 unspecified atom stereocenters. The van der Waals surface area contributed by atoms with E-state index in [4.69, 9.17) is 9.47 Å². The van der Waals surface area contributed by atoms with Crippen LogP contribution in [0.1, 0.15) is 30.0 Å². The number of nitrogens with zero attached hydrogens (tertiary/aromatic N) is 1. The van der Waals surface area contributed by atoms with E-state index in [1.807, 2.05) is 18.2 Å². The third-order valence-corrected chi connectivity index (χ3v) is 6.17. The Kier molecular flexibility index (Phi) is 6.32. The van der Waals surface area contributed by atoms with E-state index in [0.717, 1.165) is 46.7 Å². The monoisotopic (exact) mass is 418 g/mol. The third kappa shape index (κ3) is 5.00. The molecular formula is C21H26N2O5S. The molecule has 0 heterocycles. The summed E-state index contributed by atoms with van der Waals surface area (Å²) in [5, 5.41) is 3.00. The number of anilines is 1. The van der Waals surface area contributed by atoms with Crippen LogP contribution in [0.25, 0.3) is 0 Å². The van der Waals surface area contributed by atoms with Crippen LogP contribution in [0.2, 0.25) is 0 Å². The molecule has 2 aromatic carbocycles. The number of amides is 1. The normalized spacial score (nSPS) is 15.9. The third-order valence-electron chi connectivity index (χ3n) is 5.03. The number of aryl methyl sites for hydroxylation is 1. The topological polar surface area (TPSA) is 84.9 Å². The highest BCUT2D eigenvalue weighted by molar-refractivity contribution is 7.92. The van der Waals surface area contributed by atoms with Gasteiger partial charge in [0.1, 0.15) is 18.0 Å². The van der Waals surface area contributed by atoms with Gasteiger partial charge >= 0.3 is 0 Å². The number of rotatable bonds is 7. The smallest absolute Gasteiger partial charge is 0.241 e. The number of nitrogens with one attached hydrogen (secondary N) is 1. The van der Waals surface area contributed by atoms with Gasteiger partial charge < -0.3 is 14.8 Å². The highest BCUT2D eigenvalue weighted by Crippen LogP contribution is 2.32. The largest absolute Gasteiger partial charge is 0.497 e. The van der Waals surface area contributed by atoms with Crippen molar-refractivity contribution in [3.8, 4) is 11.5 Å². The minimum absolute atomic E-state index is 0.149. The highest BCUT2D eigenvalue weighted by atomic mass is 32.2. The van der Waals surface area contributed by atoms with Crippen molar-refractivity contribution in [1.29, 1.82) is 0 Å². The van der Waals surface area contributed by atoms with Crippen molar-refractivity contribution < 1.29 is 22.7 Å². The van der Waals surface area contributed by atoms with Gasteiger partial charge in [-0.1, -0.05) is 12.1 Å². The SMILES string of the molecule is COc1cccc(N(CC(=O)NC2CCCc3cc(OC)ccc32)S(C)(=O)=O)c1. The van der Waals surface area contributed by atoms with E-state index in [2.05, 4.69) is 5.32 Å². The van der Waals surface area contributed by atoms with Crippen LogP contribution >= 0.6 is 0 Å². The Hall–Kier alpha value is -2.74. The number of benzene rings is 2. The lowest BCUT2D eigenvalue weighted by atomic mass is 9.87. The van der Waals surface area contributed by atoms with Crippen LogP contribution in [-0.2, 0) is 21.2 Å². The summed E-state index contributed by atoms with van der Waals surface area (Å²) in [7, 11) is -0.515. The summed E-state index contributed by atoms with van der Waals surface area (Å²) in [5.41, 5.74) is 2.59. The summed E-state index contributed by atoms with van der Waals surface area (Å²) in [5.74, 6) is 0.954. The molecule has 29 heavy (non-hydrogen) atoms. The summed E-state index contributed by atoms with van der Waals surface area (Å²) < 4.78 is 36.2. The Balaban J connectivity index is 1.78. The van der Waals surface area contributed by atoms with E-state index < -0.39 is 10.0 Å². The molecule has 0 aliphatic heterocycles. The molecule has 2 aromatic rings. The van der Waals surface area contributed by atoms with Gasteiger partial charge in [0, 0.05) is 6.07 Å². The van der Waals surface area contributed by atoms with Crippen molar-refractivity contribution in [3.63, 3.8) is 0 Å². The first kappa shape index (κ1) is 21.0. The molecule has 0 saturated carbocycles. The van der Waals surface area contributed by atoms with Crippen LogP contribution in [-0.4, -0.2) is 41.3 Å². The summed E-state index contributed by atoms with van der Waals surface area (Å²) in [6, 6.07) is 12.3. The summed E-state index contributed by atoms with van der Waals surface area (Å²) >= 11 is 0. The minimum Gasteiger partial charge on any atom is -0.497 e. The Morgan fingerprint density at radius 1 is 1.14 bits per heavy atom. The molecule has 0 radical (unpaired) electrons. The van der Waals surface area contributed by atoms with Gasteiger partial charge in [-0.25, -0.2) is 8.42 Å². The Morgan fingerprint density at radius 3 is 2.55 bits per heavy atom. The van der Waals surface area contributed by atoms with Gasteiger partial charge in [0.25, 0.3) is 0 Å². The number of fused-ring (bicyclic) bond motifs is 1. The minimum atomic E-state index is -3.65. The summed E-state index contributed by atoms with van der Waals surface area (Å²) in [6.07, 6.45) is 3.76. The van der Waals surface area contributed by atoms with E-state index in [-0.39, 0.29) is 18.5 Å². The van der Waals surface area contributed by atoms with E-state index in [9.17, 15) is 13.2 Å². The van der Waals surface area contributed by atoms with Crippen LogP contribution < -0.4 is 19.1 Å². The fourth-order valence-electron chi connectivity index (χ4n) is 3.60. The zero-order valence-corrected chi connectivity index (χ0v) is 17.7. The molecule has 7 nitrogen and oxygen atoms in total. The number of hydrogen-bond acceptors (Lipinski definition) is 5. The maximum atomic E-state index is 12.8. The fourth-order valence-corrected chi connectivity index (χ4v) is 4.45. The summed E-state index contributed by atoms with van der Waals surface area (Å²) in [6.45, 7) is -0.298. The molecule has 0 aromatic heterocycles. The maximum Gasteiger partial charge on any atom is 0.241 e. The molecule has 0 fully saturated rings. The fraction of sp³-hybridized carbons (Fsp3) is 0.381. The van der Waals surface area contributed by atoms with Gasteiger partial charge in [-0.15, -0.1) is 0 Å². The van der Waals surface area contributed by atoms with Crippen molar-refractivity contribution in [1.82, 2.24) is 5.32 Å². The Bertz CT molecular complexity index is 990. The molecule has 1 atom stereocenters. The van der Waals surface area contributed by atoms with Gasteiger partial charge in [-0.2, -0.15) is 0 Å². The molecule has 0 bridgehead atoms. The number of ether oxygens (including phenoxy) is 2. The van der Waals surface area contributed by atoms with Gasteiger partial charge in [0.15, 0.2) is 0 Å². The second-order valence-electron chi connectivity index (χ2n) is 7.05. The Labute approximate surface area is 171 Å².